The zero-order chi connectivity index (χ0) is 10.3. The van der Waals surface area contributed by atoms with Gasteiger partial charge in [-0.05, 0) is 28.1 Å². The monoisotopic (exact) mass is 280 g/mol. The van der Waals surface area contributed by atoms with Gasteiger partial charge in [0.25, 0.3) is 0 Å². The van der Waals surface area contributed by atoms with Gasteiger partial charge in [-0.2, -0.15) is 13.2 Å². The molecular formula is C9H4BrF3S. The molecule has 0 nitrogen and oxygen atoms in total. The second-order valence-electron chi connectivity index (χ2n) is 2.79. The maximum absolute atomic E-state index is 12.3. The highest BCUT2D eigenvalue weighted by Gasteiger charge is 2.30. The average Bonchev–Trinajstić information content (AvgIpc) is 2.46. The average molecular weight is 281 g/mol. The van der Waals surface area contributed by atoms with Gasteiger partial charge in [0.2, 0.25) is 0 Å². The summed E-state index contributed by atoms with van der Waals surface area (Å²) in [5, 5.41) is 2.60. The zero-order valence-corrected chi connectivity index (χ0v) is 9.13. The van der Waals surface area contributed by atoms with Crippen LogP contribution in [-0.2, 0) is 6.18 Å². The Morgan fingerprint density at radius 1 is 1.21 bits per heavy atom. The van der Waals surface area contributed by atoms with Gasteiger partial charge in [-0.3, -0.25) is 0 Å². The molecule has 0 fully saturated rings. The first-order valence-electron chi connectivity index (χ1n) is 3.72. The van der Waals surface area contributed by atoms with Gasteiger partial charge in [0.1, 0.15) is 0 Å². The first-order chi connectivity index (χ1) is 6.48. The Morgan fingerprint density at radius 3 is 2.57 bits per heavy atom. The van der Waals surface area contributed by atoms with Crippen molar-refractivity contribution in [3.8, 4) is 0 Å². The van der Waals surface area contributed by atoms with Crippen molar-refractivity contribution < 1.29 is 13.2 Å². The summed E-state index contributed by atoms with van der Waals surface area (Å²) in [4.78, 5) is 0. The molecule has 2 rings (SSSR count). The number of rotatable bonds is 0. The van der Waals surface area contributed by atoms with Gasteiger partial charge in [-0.25, -0.2) is 0 Å². The highest BCUT2D eigenvalue weighted by molar-refractivity contribution is 9.10. The van der Waals surface area contributed by atoms with Crippen LogP contribution in [0.1, 0.15) is 5.56 Å². The quantitative estimate of drug-likeness (QED) is 0.657. The van der Waals surface area contributed by atoms with Crippen LogP contribution in [0.15, 0.2) is 28.1 Å². The van der Waals surface area contributed by atoms with Crippen LogP contribution in [0.5, 0.6) is 0 Å². The van der Waals surface area contributed by atoms with E-state index in [2.05, 4.69) is 15.9 Å². The van der Waals surface area contributed by atoms with Gasteiger partial charge in [0, 0.05) is 19.9 Å². The van der Waals surface area contributed by atoms with Crippen LogP contribution in [0.25, 0.3) is 10.1 Å². The van der Waals surface area contributed by atoms with Crippen LogP contribution in [0.4, 0.5) is 13.2 Å². The Kier molecular flexibility index (Phi) is 2.31. The summed E-state index contributed by atoms with van der Waals surface area (Å²) >= 11 is 4.57. The fraction of sp³-hybridized carbons (Fsp3) is 0.111. The third-order valence-corrected chi connectivity index (χ3v) is 3.76. The van der Waals surface area contributed by atoms with Crippen LogP contribution < -0.4 is 0 Å². The lowest BCUT2D eigenvalue weighted by molar-refractivity contribution is -0.137. The molecule has 0 saturated carbocycles. The molecule has 0 atom stereocenters. The normalized spacial score (nSPS) is 12.3. The standard InChI is InChI=1S/C9H4BrF3S/c10-7-4-14-8-3-5(9(11,12)13)1-2-6(7)8/h1-4H. The molecule has 0 saturated heterocycles. The summed E-state index contributed by atoms with van der Waals surface area (Å²) in [5.74, 6) is 0. The minimum absolute atomic E-state index is 0.598. The van der Waals surface area contributed by atoms with Crippen molar-refractivity contribution in [2.45, 2.75) is 6.18 Å². The van der Waals surface area contributed by atoms with E-state index in [9.17, 15) is 13.2 Å². The summed E-state index contributed by atoms with van der Waals surface area (Å²) in [6, 6.07) is 3.75. The van der Waals surface area contributed by atoms with Crippen molar-refractivity contribution in [3.63, 3.8) is 0 Å². The lowest BCUT2D eigenvalue weighted by Crippen LogP contribution is -2.03. The van der Waals surface area contributed by atoms with Gasteiger partial charge < -0.3 is 0 Å². The lowest BCUT2D eigenvalue weighted by Gasteiger charge is -2.05. The van der Waals surface area contributed by atoms with E-state index in [1.54, 1.807) is 5.38 Å². The fourth-order valence-corrected chi connectivity index (χ4v) is 2.79. The van der Waals surface area contributed by atoms with Crippen LogP contribution in [0.3, 0.4) is 0 Å². The number of benzene rings is 1. The molecule has 14 heavy (non-hydrogen) atoms. The number of hydrogen-bond acceptors (Lipinski definition) is 1. The maximum atomic E-state index is 12.3. The van der Waals surface area contributed by atoms with Crippen molar-refractivity contribution in [1.82, 2.24) is 0 Å². The Bertz CT molecular complexity index is 472. The van der Waals surface area contributed by atoms with Crippen molar-refractivity contribution >= 4 is 37.4 Å². The van der Waals surface area contributed by atoms with E-state index in [1.807, 2.05) is 0 Å². The maximum Gasteiger partial charge on any atom is 0.416 e. The van der Waals surface area contributed by atoms with E-state index < -0.39 is 11.7 Å². The molecule has 74 valence electrons. The molecule has 0 spiro atoms. The summed E-state index contributed by atoms with van der Waals surface area (Å²) in [6.07, 6.45) is -4.26. The number of halogens is 4. The summed E-state index contributed by atoms with van der Waals surface area (Å²) in [7, 11) is 0. The molecule has 0 amide bonds. The molecule has 5 heteroatoms. The SMILES string of the molecule is FC(F)(F)c1ccc2c(Br)csc2c1. The molecule has 0 N–H and O–H groups in total. The number of thiophene rings is 1. The minimum atomic E-state index is -4.26. The Morgan fingerprint density at radius 2 is 1.93 bits per heavy atom. The van der Waals surface area contributed by atoms with Crippen molar-refractivity contribution in [2.75, 3.05) is 0 Å². The Labute approximate surface area is 90.5 Å². The Balaban J connectivity index is 2.63. The summed E-state index contributed by atoms with van der Waals surface area (Å²) < 4.78 is 38.4. The predicted octanol–water partition coefficient (Wildman–Crippen LogP) is 4.68. The number of fused-ring (bicyclic) bond motifs is 1. The molecule has 1 aromatic carbocycles. The van der Waals surface area contributed by atoms with Crippen molar-refractivity contribution in [3.05, 3.63) is 33.6 Å². The second-order valence-corrected chi connectivity index (χ2v) is 4.56. The van der Waals surface area contributed by atoms with Crippen LogP contribution in [-0.4, -0.2) is 0 Å². The molecule has 0 aliphatic rings. The third kappa shape index (κ3) is 1.66. The van der Waals surface area contributed by atoms with Crippen LogP contribution in [0, 0.1) is 0 Å². The van der Waals surface area contributed by atoms with E-state index in [0.29, 0.717) is 4.70 Å². The first-order valence-corrected chi connectivity index (χ1v) is 5.40. The third-order valence-electron chi connectivity index (χ3n) is 1.86. The smallest absolute Gasteiger partial charge is 0.166 e. The summed E-state index contributed by atoms with van der Waals surface area (Å²) in [6.45, 7) is 0. The first kappa shape index (κ1) is 9.98. The van der Waals surface area contributed by atoms with Crippen molar-refractivity contribution in [1.29, 1.82) is 0 Å². The molecule has 2 aromatic rings. The molecule has 1 aromatic heterocycles. The molecule has 0 bridgehead atoms. The van der Waals surface area contributed by atoms with Gasteiger partial charge in [0.05, 0.1) is 5.56 Å². The number of alkyl halides is 3. The summed E-state index contributed by atoms with van der Waals surface area (Å²) in [5.41, 5.74) is -0.598. The van der Waals surface area contributed by atoms with Crippen LogP contribution in [0.2, 0.25) is 0 Å². The van der Waals surface area contributed by atoms with Crippen molar-refractivity contribution in [2.24, 2.45) is 0 Å². The van der Waals surface area contributed by atoms with E-state index >= 15 is 0 Å². The molecule has 1 heterocycles. The van der Waals surface area contributed by atoms with Gasteiger partial charge in [0.15, 0.2) is 0 Å². The molecule has 0 radical (unpaired) electrons. The van der Waals surface area contributed by atoms with Gasteiger partial charge in [-0.1, -0.05) is 6.07 Å². The van der Waals surface area contributed by atoms with E-state index in [0.717, 1.165) is 15.9 Å². The highest BCUT2D eigenvalue weighted by atomic mass is 79.9. The van der Waals surface area contributed by atoms with Crippen LogP contribution >= 0.6 is 27.3 Å². The lowest BCUT2D eigenvalue weighted by atomic mass is 10.2. The predicted molar refractivity (Wildman–Crippen MR) is 54.5 cm³/mol. The van der Waals surface area contributed by atoms with E-state index in [-0.39, 0.29) is 0 Å². The fourth-order valence-electron chi connectivity index (χ4n) is 1.17. The Hall–Kier alpha value is -0.550. The highest BCUT2D eigenvalue weighted by Crippen LogP contribution is 2.36. The number of hydrogen-bond donors (Lipinski definition) is 0. The molecule has 0 aliphatic carbocycles. The zero-order valence-electron chi connectivity index (χ0n) is 6.73. The van der Waals surface area contributed by atoms with E-state index in [4.69, 9.17) is 0 Å². The second kappa shape index (κ2) is 3.24. The molecule has 0 unspecified atom stereocenters. The van der Waals surface area contributed by atoms with E-state index in [1.165, 1.54) is 23.5 Å². The molecular weight excluding hydrogens is 277 g/mol. The van der Waals surface area contributed by atoms with Gasteiger partial charge >= 0.3 is 6.18 Å². The largest absolute Gasteiger partial charge is 0.416 e. The van der Waals surface area contributed by atoms with Gasteiger partial charge in [-0.15, -0.1) is 11.3 Å². The minimum Gasteiger partial charge on any atom is -0.166 e. The topological polar surface area (TPSA) is 0 Å². The molecule has 0 aliphatic heterocycles.